The first-order valence-corrected chi connectivity index (χ1v) is 7.09. The smallest absolute Gasteiger partial charge is 0.257 e. The van der Waals surface area contributed by atoms with Gasteiger partial charge in [-0.25, -0.2) is 23.1 Å². The number of rotatable bonds is 6. The molecule has 8 heteroatoms. The van der Waals surface area contributed by atoms with Crippen LogP contribution in [0.2, 0.25) is 0 Å². The molecule has 0 aliphatic rings. The molecule has 98 valence electrons. The van der Waals surface area contributed by atoms with Crippen molar-refractivity contribution in [3.63, 3.8) is 0 Å². The Morgan fingerprint density at radius 3 is 2.94 bits per heavy atom. The standard InChI is InChI=1S/C10H15N5O2S/c1-2-9-12-7-10(14-9)18(16,17)13-4-6-15-5-3-11-8-15/h3,5,7-8,13H,2,4,6H2,1H3,(H,12,14). The van der Waals surface area contributed by atoms with E-state index in [0.717, 1.165) is 0 Å². The molecule has 0 bridgehead atoms. The summed E-state index contributed by atoms with van der Waals surface area (Å²) in [5.74, 6) is 0.657. The lowest BCUT2D eigenvalue weighted by Gasteiger charge is -2.05. The second-order valence-corrected chi connectivity index (χ2v) is 5.48. The van der Waals surface area contributed by atoms with Crippen LogP contribution in [0.15, 0.2) is 29.9 Å². The number of nitrogens with zero attached hydrogens (tertiary/aromatic N) is 3. The molecular formula is C10H15N5O2S. The molecule has 0 radical (unpaired) electrons. The van der Waals surface area contributed by atoms with E-state index in [1.807, 2.05) is 6.92 Å². The summed E-state index contributed by atoms with van der Waals surface area (Å²) in [4.78, 5) is 10.6. The van der Waals surface area contributed by atoms with Crippen LogP contribution < -0.4 is 4.72 Å². The lowest BCUT2D eigenvalue weighted by molar-refractivity contribution is 0.569. The quantitative estimate of drug-likeness (QED) is 0.780. The first kappa shape index (κ1) is 12.8. The third-order valence-corrected chi connectivity index (χ3v) is 3.82. The van der Waals surface area contributed by atoms with Crippen molar-refractivity contribution in [3.8, 4) is 0 Å². The van der Waals surface area contributed by atoms with E-state index in [4.69, 9.17) is 0 Å². The molecular weight excluding hydrogens is 254 g/mol. The molecule has 2 rings (SSSR count). The average Bonchev–Trinajstić information content (AvgIpc) is 2.99. The lowest BCUT2D eigenvalue weighted by atomic mass is 10.5. The Bertz CT molecular complexity index is 588. The van der Waals surface area contributed by atoms with Crippen molar-refractivity contribution in [1.29, 1.82) is 0 Å². The minimum Gasteiger partial charge on any atom is -0.336 e. The number of hydrogen-bond donors (Lipinski definition) is 2. The minimum absolute atomic E-state index is 0.102. The predicted molar refractivity (Wildman–Crippen MR) is 65.4 cm³/mol. The maximum Gasteiger partial charge on any atom is 0.257 e. The van der Waals surface area contributed by atoms with Gasteiger partial charge in [0.25, 0.3) is 10.0 Å². The average molecular weight is 269 g/mol. The molecule has 0 aliphatic carbocycles. The highest BCUT2D eigenvalue weighted by Crippen LogP contribution is 2.05. The molecule has 2 aromatic rings. The fourth-order valence-corrected chi connectivity index (χ4v) is 2.42. The van der Waals surface area contributed by atoms with Crippen LogP contribution in [0, 0.1) is 0 Å². The predicted octanol–water partition coefficient (Wildman–Crippen LogP) is 0.147. The van der Waals surface area contributed by atoms with Crippen molar-refractivity contribution >= 4 is 10.0 Å². The summed E-state index contributed by atoms with van der Waals surface area (Å²) >= 11 is 0. The first-order chi connectivity index (χ1) is 8.62. The van der Waals surface area contributed by atoms with Crippen LogP contribution in [0.1, 0.15) is 12.7 Å². The largest absolute Gasteiger partial charge is 0.336 e. The Morgan fingerprint density at radius 1 is 1.50 bits per heavy atom. The van der Waals surface area contributed by atoms with Gasteiger partial charge in [-0.3, -0.25) is 0 Å². The molecule has 0 saturated heterocycles. The molecule has 18 heavy (non-hydrogen) atoms. The number of aryl methyl sites for hydroxylation is 1. The summed E-state index contributed by atoms with van der Waals surface area (Å²) in [5.41, 5.74) is 0. The molecule has 0 aliphatic heterocycles. The molecule has 7 nitrogen and oxygen atoms in total. The molecule has 0 aromatic carbocycles. The lowest BCUT2D eigenvalue weighted by Crippen LogP contribution is -2.27. The highest BCUT2D eigenvalue weighted by atomic mass is 32.2. The summed E-state index contributed by atoms with van der Waals surface area (Å²) in [5, 5.41) is 0.102. The zero-order valence-electron chi connectivity index (χ0n) is 10.00. The van der Waals surface area contributed by atoms with E-state index in [1.54, 1.807) is 23.3 Å². The van der Waals surface area contributed by atoms with Gasteiger partial charge in [-0.15, -0.1) is 0 Å². The zero-order valence-corrected chi connectivity index (χ0v) is 10.8. The number of imidazole rings is 2. The molecule has 0 unspecified atom stereocenters. The highest BCUT2D eigenvalue weighted by molar-refractivity contribution is 7.89. The Hall–Kier alpha value is -1.67. The van der Waals surface area contributed by atoms with Crippen molar-refractivity contribution in [2.75, 3.05) is 6.54 Å². The van der Waals surface area contributed by atoms with Crippen LogP contribution in [0.3, 0.4) is 0 Å². The third-order valence-electron chi connectivity index (χ3n) is 2.45. The van der Waals surface area contributed by atoms with E-state index in [2.05, 4.69) is 19.7 Å². The Kier molecular flexibility index (Phi) is 3.78. The summed E-state index contributed by atoms with van der Waals surface area (Å²) in [7, 11) is -3.50. The van der Waals surface area contributed by atoms with Gasteiger partial charge < -0.3 is 9.55 Å². The van der Waals surface area contributed by atoms with Crippen molar-refractivity contribution in [1.82, 2.24) is 24.2 Å². The maximum absolute atomic E-state index is 11.9. The van der Waals surface area contributed by atoms with E-state index in [1.165, 1.54) is 6.20 Å². The molecule has 0 spiro atoms. The van der Waals surface area contributed by atoms with Crippen molar-refractivity contribution in [3.05, 3.63) is 30.7 Å². The summed E-state index contributed by atoms with van der Waals surface area (Å²) in [6.07, 6.45) is 7.07. The van der Waals surface area contributed by atoms with Crippen LogP contribution in [0.5, 0.6) is 0 Å². The third kappa shape index (κ3) is 2.96. The molecule has 2 aromatic heterocycles. The van der Waals surface area contributed by atoms with E-state index in [-0.39, 0.29) is 5.03 Å². The fourth-order valence-electron chi connectivity index (χ4n) is 1.47. The van der Waals surface area contributed by atoms with Crippen LogP contribution >= 0.6 is 0 Å². The van der Waals surface area contributed by atoms with Gasteiger partial charge >= 0.3 is 0 Å². The second kappa shape index (κ2) is 5.32. The molecule has 0 atom stereocenters. The molecule has 0 saturated carbocycles. The van der Waals surface area contributed by atoms with E-state index in [9.17, 15) is 8.42 Å². The number of nitrogens with one attached hydrogen (secondary N) is 2. The van der Waals surface area contributed by atoms with E-state index < -0.39 is 10.0 Å². The summed E-state index contributed by atoms with van der Waals surface area (Å²) in [6, 6.07) is 0. The Balaban J connectivity index is 1.95. The Labute approximate surface area is 105 Å². The van der Waals surface area contributed by atoms with Crippen molar-refractivity contribution < 1.29 is 8.42 Å². The summed E-state index contributed by atoms with van der Waals surface area (Å²) < 4.78 is 28.1. The summed E-state index contributed by atoms with van der Waals surface area (Å²) in [6.45, 7) is 2.74. The van der Waals surface area contributed by atoms with E-state index >= 15 is 0 Å². The molecule has 2 heterocycles. The van der Waals surface area contributed by atoms with Crippen molar-refractivity contribution in [2.24, 2.45) is 0 Å². The second-order valence-electron chi connectivity index (χ2n) is 3.75. The van der Waals surface area contributed by atoms with Crippen LogP contribution in [0.4, 0.5) is 0 Å². The molecule has 0 fully saturated rings. The van der Waals surface area contributed by atoms with Crippen LogP contribution in [0.25, 0.3) is 0 Å². The number of aromatic nitrogens is 4. The SMILES string of the molecule is CCc1ncc(S(=O)(=O)NCCn2ccnc2)[nH]1. The molecule has 2 N–H and O–H groups in total. The number of H-pyrrole nitrogens is 1. The first-order valence-electron chi connectivity index (χ1n) is 5.61. The highest BCUT2D eigenvalue weighted by Gasteiger charge is 2.15. The van der Waals surface area contributed by atoms with Crippen molar-refractivity contribution in [2.45, 2.75) is 24.9 Å². The van der Waals surface area contributed by atoms with Gasteiger partial charge in [0.1, 0.15) is 5.82 Å². The number of aromatic amines is 1. The van der Waals surface area contributed by atoms with Gasteiger partial charge in [-0.05, 0) is 0 Å². The van der Waals surface area contributed by atoms with Crippen LogP contribution in [-0.2, 0) is 23.0 Å². The molecule has 0 amide bonds. The normalized spacial score (nSPS) is 11.8. The Morgan fingerprint density at radius 2 is 2.33 bits per heavy atom. The van der Waals surface area contributed by atoms with Gasteiger partial charge in [0, 0.05) is 31.9 Å². The van der Waals surface area contributed by atoms with E-state index in [0.29, 0.717) is 25.3 Å². The van der Waals surface area contributed by atoms with Gasteiger partial charge in [0.05, 0.1) is 12.5 Å². The van der Waals surface area contributed by atoms with Gasteiger partial charge in [0.2, 0.25) is 0 Å². The minimum atomic E-state index is -3.50. The zero-order chi connectivity index (χ0) is 13.0. The van der Waals surface area contributed by atoms with Crippen LogP contribution in [-0.4, -0.2) is 34.5 Å². The van der Waals surface area contributed by atoms with Gasteiger partial charge in [-0.1, -0.05) is 6.92 Å². The number of sulfonamides is 1. The fraction of sp³-hybridized carbons (Fsp3) is 0.400. The number of hydrogen-bond acceptors (Lipinski definition) is 4. The van der Waals surface area contributed by atoms with Gasteiger partial charge in [-0.2, -0.15) is 0 Å². The maximum atomic E-state index is 11.9. The van der Waals surface area contributed by atoms with Gasteiger partial charge in [0.15, 0.2) is 5.03 Å². The monoisotopic (exact) mass is 269 g/mol. The topological polar surface area (TPSA) is 92.7 Å².